The second kappa shape index (κ2) is 11.3. The highest BCUT2D eigenvalue weighted by molar-refractivity contribution is 14.0. The number of hydrogen-bond acceptors (Lipinski definition) is 5. The van der Waals surface area contributed by atoms with Crippen molar-refractivity contribution in [3.63, 3.8) is 0 Å². The third-order valence-electron chi connectivity index (χ3n) is 4.53. The Morgan fingerprint density at radius 1 is 1.35 bits per heavy atom. The van der Waals surface area contributed by atoms with Crippen LogP contribution in [0.3, 0.4) is 0 Å². The van der Waals surface area contributed by atoms with E-state index in [0.717, 1.165) is 36.9 Å². The molecule has 0 aromatic carbocycles. The molecule has 2 aromatic rings. The van der Waals surface area contributed by atoms with Crippen molar-refractivity contribution in [2.24, 2.45) is 4.99 Å². The number of rotatable bonds is 5. The Hall–Kier alpha value is -2.37. The predicted octanol–water partition coefficient (Wildman–Crippen LogP) is 2.95. The number of ether oxygens (including phenoxy) is 1. The minimum atomic E-state index is -0.500. The van der Waals surface area contributed by atoms with Crippen molar-refractivity contribution in [3.8, 4) is 5.82 Å². The first-order valence-electron chi connectivity index (χ1n) is 10.3. The number of hydrogen-bond donors (Lipinski definition) is 2. The Labute approximate surface area is 200 Å². The van der Waals surface area contributed by atoms with E-state index >= 15 is 0 Å². The third-order valence-corrected chi connectivity index (χ3v) is 4.53. The van der Waals surface area contributed by atoms with Gasteiger partial charge < -0.3 is 20.3 Å². The summed E-state index contributed by atoms with van der Waals surface area (Å²) in [6.45, 7) is 10.5. The minimum absolute atomic E-state index is 0. The van der Waals surface area contributed by atoms with Crippen LogP contribution in [0.15, 0.2) is 42.0 Å². The second-order valence-electron chi connectivity index (χ2n) is 8.24. The molecule has 1 aliphatic rings. The van der Waals surface area contributed by atoms with Gasteiger partial charge in [0.25, 0.3) is 0 Å². The van der Waals surface area contributed by atoms with Crippen LogP contribution in [0.1, 0.15) is 39.7 Å². The van der Waals surface area contributed by atoms with Gasteiger partial charge in [-0.05, 0) is 45.7 Å². The van der Waals surface area contributed by atoms with Crippen LogP contribution in [0.25, 0.3) is 5.82 Å². The predicted molar refractivity (Wildman–Crippen MR) is 131 cm³/mol. The standard InChI is InChI=1S/C21H31N7O2.HI/c1-5-23-19(27-10-8-17(14-27)26-20(29)30-21(2,3)4)25-13-16-6-7-18(24-12-16)28-11-9-22-15-28;/h6-7,9,11-12,15,17H,5,8,10,13-14H2,1-4H3,(H,23,25)(H,26,29);1H. The maximum atomic E-state index is 12.0. The highest BCUT2D eigenvalue weighted by atomic mass is 127. The van der Waals surface area contributed by atoms with Gasteiger partial charge in [-0.2, -0.15) is 0 Å². The minimum Gasteiger partial charge on any atom is -0.444 e. The number of alkyl carbamates (subject to hydrolysis) is 1. The maximum absolute atomic E-state index is 12.0. The zero-order valence-electron chi connectivity index (χ0n) is 18.5. The number of imidazole rings is 1. The molecule has 3 rings (SSSR count). The van der Waals surface area contributed by atoms with E-state index in [1.54, 1.807) is 12.5 Å². The lowest BCUT2D eigenvalue weighted by Crippen LogP contribution is -2.44. The molecular weight excluding hydrogens is 509 g/mol. The Morgan fingerprint density at radius 3 is 2.77 bits per heavy atom. The van der Waals surface area contributed by atoms with Crippen molar-refractivity contribution in [2.45, 2.75) is 52.3 Å². The second-order valence-corrected chi connectivity index (χ2v) is 8.24. The zero-order chi connectivity index (χ0) is 21.6. The van der Waals surface area contributed by atoms with Crippen LogP contribution >= 0.6 is 24.0 Å². The Morgan fingerprint density at radius 2 is 2.16 bits per heavy atom. The van der Waals surface area contributed by atoms with Crippen molar-refractivity contribution < 1.29 is 9.53 Å². The van der Waals surface area contributed by atoms with Gasteiger partial charge in [0, 0.05) is 38.2 Å². The number of carbonyl (C=O) groups excluding carboxylic acids is 1. The molecule has 10 heteroatoms. The maximum Gasteiger partial charge on any atom is 0.407 e. The molecule has 1 saturated heterocycles. The summed E-state index contributed by atoms with van der Waals surface area (Å²) in [6, 6.07) is 4.02. The molecule has 1 aliphatic heterocycles. The lowest BCUT2D eigenvalue weighted by Gasteiger charge is -2.23. The van der Waals surface area contributed by atoms with Crippen molar-refractivity contribution >= 4 is 36.0 Å². The molecule has 9 nitrogen and oxygen atoms in total. The van der Waals surface area contributed by atoms with Crippen LogP contribution in [0.4, 0.5) is 4.79 Å². The summed E-state index contributed by atoms with van der Waals surface area (Å²) >= 11 is 0. The van der Waals surface area contributed by atoms with Gasteiger partial charge in [-0.25, -0.2) is 19.8 Å². The van der Waals surface area contributed by atoms with Gasteiger partial charge in [-0.1, -0.05) is 6.07 Å². The molecule has 31 heavy (non-hydrogen) atoms. The van der Waals surface area contributed by atoms with Gasteiger partial charge in [0.05, 0.1) is 12.6 Å². The molecule has 1 atom stereocenters. The molecule has 2 N–H and O–H groups in total. The summed E-state index contributed by atoms with van der Waals surface area (Å²) in [5, 5.41) is 6.29. The van der Waals surface area contributed by atoms with E-state index in [0.29, 0.717) is 13.1 Å². The first kappa shape index (κ1) is 24.9. The van der Waals surface area contributed by atoms with Gasteiger partial charge in [-0.3, -0.25) is 4.57 Å². The van der Waals surface area contributed by atoms with Gasteiger partial charge in [0.15, 0.2) is 5.96 Å². The normalized spacial score (nSPS) is 16.6. The van der Waals surface area contributed by atoms with E-state index < -0.39 is 5.60 Å². The first-order chi connectivity index (χ1) is 14.3. The number of nitrogens with zero attached hydrogens (tertiary/aromatic N) is 5. The Balaban J connectivity index is 0.00000341. The summed E-state index contributed by atoms with van der Waals surface area (Å²) in [5.74, 6) is 1.66. The summed E-state index contributed by atoms with van der Waals surface area (Å²) < 4.78 is 7.22. The number of halogens is 1. The van der Waals surface area contributed by atoms with E-state index in [1.807, 2.05) is 56.8 Å². The third kappa shape index (κ3) is 7.67. The van der Waals surface area contributed by atoms with E-state index in [1.165, 1.54) is 0 Å². The fourth-order valence-corrected chi connectivity index (χ4v) is 3.19. The van der Waals surface area contributed by atoms with Crippen LogP contribution < -0.4 is 10.6 Å². The topological polar surface area (TPSA) is 96.7 Å². The molecule has 1 fully saturated rings. The Kier molecular flexibility index (Phi) is 9.08. The quantitative estimate of drug-likeness (QED) is 0.344. The van der Waals surface area contributed by atoms with Gasteiger partial charge in [-0.15, -0.1) is 24.0 Å². The highest BCUT2D eigenvalue weighted by Crippen LogP contribution is 2.13. The van der Waals surface area contributed by atoms with Crippen molar-refractivity contribution in [1.29, 1.82) is 0 Å². The summed E-state index contributed by atoms with van der Waals surface area (Å²) in [5.41, 5.74) is 0.525. The van der Waals surface area contributed by atoms with Crippen LogP contribution in [-0.2, 0) is 11.3 Å². The lowest BCUT2D eigenvalue weighted by molar-refractivity contribution is 0.0507. The molecule has 0 radical (unpaired) electrons. The average molecular weight is 541 g/mol. The van der Waals surface area contributed by atoms with Gasteiger partial charge in [0.1, 0.15) is 17.7 Å². The molecule has 0 bridgehead atoms. The average Bonchev–Trinajstić information content (AvgIpc) is 3.36. The van der Waals surface area contributed by atoms with E-state index in [2.05, 4.69) is 25.5 Å². The monoisotopic (exact) mass is 541 g/mol. The smallest absolute Gasteiger partial charge is 0.407 e. The summed E-state index contributed by atoms with van der Waals surface area (Å²) in [7, 11) is 0. The summed E-state index contributed by atoms with van der Waals surface area (Å²) in [6.07, 6.45) is 7.62. The molecule has 3 heterocycles. The molecule has 0 spiro atoms. The molecule has 170 valence electrons. The summed E-state index contributed by atoms with van der Waals surface area (Å²) in [4.78, 5) is 27.5. The fourth-order valence-electron chi connectivity index (χ4n) is 3.19. The van der Waals surface area contributed by atoms with Crippen LogP contribution in [0, 0.1) is 0 Å². The van der Waals surface area contributed by atoms with Crippen LogP contribution in [0.5, 0.6) is 0 Å². The SMILES string of the molecule is CCNC(=NCc1ccc(-n2ccnc2)nc1)N1CCC(NC(=O)OC(C)(C)C)C1.I. The zero-order valence-corrected chi connectivity index (χ0v) is 20.9. The number of likely N-dealkylation sites (tertiary alicyclic amines) is 1. The largest absolute Gasteiger partial charge is 0.444 e. The van der Waals surface area contributed by atoms with Crippen molar-refractivity contribution in [1.82, 2.24) is 30.1 Å². The van der Waals surface area contributed by atoms with E-state index in [-0.39, 0.29) is 36.1 Å². The number of carbonyl (C=O) groups is 1. The molecule has 1 unspecified atom stereocenters. The molecule has 0 saturated carbocycles. The molecular formula is C21H32IN7O2. The molecule has 0 aliphatic carbocycles. The number of guanidine groups is 1. The number of aromatic nitrogens is 3. The van der Waals surface area contributed by atoms with Crippen molar-refractivity contribution in [3.05, 3.63) is 42.6 Å². The van der Waals surface area contributed by atoms with E-state index in [4.69, 9.17) is 9.73 Å². The highest BCUT2D eigenvalue weighted by Gasteiger charge is 2.27. The Bertz CT molecular complexity index is 848. The van der Waals surface area contributed by atoms with Gasteiger partial charge >= 0.3 is 6.09 Å². The molecule has 2 aromatic heterocycles. The number of amides is 1. The lowest BCUT2D eigenvalue weighted by atomic mass is 10.2. The van der Waals surface area contributed by atoms with Crippen LogP contribution in [0.2, 0.25) is 0 Å². The van der Waals surface area contributed by atoms with Gasteiger partial charge in [0.2, 0.25) is 0 Å². The fraction of sp³-hybridized carbons (Fsp3) is 0.524. The van der Waals surface area contributed by atoms with E-state index in [9.17, 15) is 4.79 Å². The molecule has 1 amide bonds. The van der Waals surface area contributed by atoms with Crippen molar-refractivity contribution in [2.75, 3.05) is 19.6 Å². The number of aliphatic imine (C=N–C) groups is 1. The first-order valence-corrected chi connectivity index (χ1v) is 10.3. The number of pyridine rings is 1. The number of nitrogens with one attached hydrogen (secondary N) is 2. The van der Waals surface area contributed by atoms with Crippen LogP contribution in [-0.4, -0.2) is 62.8 Å².